The van der Waals surface area contributed by atoms with Gasteiger partial charge >= 0.3 is 0 Å². The fraction of sp³-hybridized carbons (Fsp3) is 0.714. The molecule has 1 saturated carbocycles. The van der Waals surface area contributed by atoms with Gasteiger partial charge in [-0.25, -0.2) is 0 Å². The lowest BCUT2D eigenvalue weighted by Gasteiger charge is -2.56. The Morgan fingerprint density at radius 1 is 1.41 bits per heavy atom. The van der Waals surface area contributed by atoms with Crippen molar-refractivity contribution in [2.75, 3.05) is 25.1 Å². The molecule has 0 radical (unpaired) electrons. The first-order valence-corrected chi connectivity index (χ1v) is 12.1. The van der Waals surface area contributed by atoms with Crippen LogP contribution in [0.3, 0.4) is 0 Å². The molecule has 27 heavy (non-hydrogen) atoms. The van der Waals surface area contributed by atoms with E-state index in [0.717, 1.165) is 31.5 Å². The Hall–Kier alpha value is -0.730. The summed E-state index contributed by atoms with van der Waals surface area (Å²) < 4.78 is 6.25. The van der Waals surface area contributed by atoms with Crippen LogP contribution >= 0.6 is 22.6 Å². The summed E-state index contributed by atoms with van der Waals surface area (Å²) in [7, 11) is 1.82. The molecule has 1 aromatic rings. The Morgan fingerprint density at radius 3 is 2.56 bits per heavy atom. The molecule has 6 heteroatoms. The number of methoxy groups -OCH3 is 1. The highest BCUT2D eigenvalue weighted by molar-refractivity contribution is 14.1. The van der Waals surface area contributed by atoms with E-state index >= 15 is 0 Å². The van der Waals surface area contributed by atoms with Crippen LogP contribution in [0.25, 0.3) is 0 Å². The lowest BCUT2D eigenvalue weighted by molar-refractivity contribution is -0.173. The number of amides is 1. The third kappa shape index (κ3) is 4.48. The topological polar surface area (TPSA) is 68.4 Å². The van der Waals surface area contributed by atoms with E-state index < -0.39 is 5.91 Å². The lowest BCUT2D eigenvalue weighted by atomic mass is 9.62. The number of nitrogens with zero attached hydrogens (tertiary/aromatic N) is 2. The monoisotopic (exact) mass is 487 g/mol. The Morgan fingerprint density at radius 2 is 2.04 bits per heavy atom. The Bertz CT molecular complexity index is 611. The summed E-state index contributed by atoms with van der Waals surface area (Å²) >= 11 is 2.15. The summed E-state index contributed by atoms with van der Waals surface area (Å²) in [6.07, 6.45) is 7.72. The van der Waals surface area contributed by atoms with Gasteiger partial charge in [0.15, 0.2) is 0 Å². The first-order valence-electron chi connectivity index (χ1n) is 9.96. The minimum absolute atomic E-state index is 0.326. The van der Waals surface area contributed by atoms with Crippen molar-refractivity contribution in [3.8, 4) is 0 Å². The molecule has 0 aromatic carbocycles. The van der Waals surface area contributed by atoms with Gasteiger partial charge < -0.3 is 10.5 Å². The molecule has 2 bridgehead atoms. The largest absolute Gasteiger partial charge is 0.373 e. The van der Waals surface area contributed by atoms with Crippen LogP contribution < -0.4 is 5.73 Å². The zero-order valence-electron chi connectivity index (χ0n) is 17.1. The summed E-state index contributed by atoms with van der Waals surface area (Å²) in [4.78, 5) is 20.3. The van der Waals surface area contributed by atoms with Crippen LogP contribution in [0.4, 0.5) is 0 Å². The molecule has 0 spiro atoms. The number of carbonyl (C=O) groups excluding carboxylic acids is 1. The zero-order chi connectivity index (χ0) is 20.0. The second-order valence-electron chi connectivity index (χ2n) is 7.71. The predicted octanol–water partition coefficient (Wildman–Crippen LogP) is 3.99. The molecule has 2 fully saturated rings. The Labute approximate surface area is 177 Å². The first-order chi connectivity index (χ1) is 13.0. The summed E-state index contributed by atoms with van der Waals surface area (Å²) in [5.41, 5.74) is 6.53. The predicted molar refractivity (Wildman–Crippen MR) is 118 cm³/mol. The number of carbonyl (C=O) groups is 1. The van der Waals surface area contributed by atoms with Crippen molar-refractivity contribution in [3.63, 3.8) is 0 Å². The van der Waals surface area contributed by atoms with Crippen molar-refractivity contribution in [3.05, 3.63) is 29.6 Å². The SMILES string of the molecule is CCCC(C)N1CC2CCCC(C1)C2(OC)c1ccnc(C(N)=O)c1.CI. The maximum absolute atomic E-state index is 11.6. The number of hydrogen-bond acceptors (Lipinski definition) is 4. The average molecular weight is 487 g/mol. The van der Waals surface area contributed by atoms with E-state index in [1.165, 1.54) is 19.3 Å². The van der Waals surface area contributed by atoms with Crippen molar-refractivity contribution in [1.29, 1.82) is 0 Å². The summed E-state index contributed by atoms with van der Waals surface area (Å²) in [5, 5.41) is 0. The molecule has 2 aliphatic rings. The second kappa shape index (κ2) is 10.2. The minimum Gasteiger partial charge on any atom is -0.373 e. The third-order valence-corrected chi connectivity index (χ3v) is 6.36. The molecule has 2 N–H and O–H groups in total. The molecular formula is C21H34IN3O2. The second-order valence-corrected chi connectivity index (χ2v) is 7.71. The van der Waals surface area contributed by atoms with E-state index in [4.69, 9.17) is 10.5 Å². The van der Waals surface area contributed by atoms with Crippen molar-refractivity contribution in [1.82, 2.24) is 9.88 Å². The van der Waals surface area contributed by atoms with E-state index in [2.05, 4.69) is 46.3 Å². The van der Waals surface area contributed by atoms with E-state index in [0.29, 0.717) is 23.6 Å². The number of primary amides is 1. The van der Waals surface area contributed by atoms with Crippen LogP contribution in [-0.2, 0) is 10.3 Å². The quantitative estimate of drug-likeness (QED) is 0.487. The normalized spacial score (nSPS) is 28.8. The fourth-order valence-corrected chi connectivity index (χ4v) is 5.16. The van der Waals surface area contributed by atoms with Gasteiger partial charge in [0.2, 0.25) is 0 Å². The molecule has 3 atom stereocenters. The van der Waals surface area contributed by atoms with E-state index in [9.17, 15) is 4.79 Å². The highest BCUT2D eigenvalue weighted by Crippen LogP contribution is 2.51. The van der Waals surface area contributed by atoms with Crippen LogP contribution in [0.1, 0.15) is 62.0 Å². The third-order valence-electron chi connectivity index (χ3n) is 6.36. The summed E-state index contributed by atoms with van der Waals surface area (Å²) in [5.74, 6) is 0.395. The maximum Gasteiger partial charge on any atom is 0.267 e. The van der Waals surface area contributed by atoms with Crippen molar-refractivity contribution >= 4 is 28.5 Å². The number of nitrogens with two attached hydrogens (primary N) is 1. The number of rotatable bonds is 6. The van der Waals surface area contributed by atoms with Gasteiger partial charge in [0.25, 0.3) is 5.91 Å². The summed E-state index contributed by atoms with van der Waals surface area (Å²) in [6.45, 7) is 6.71. The van der Waals surface area contributed by atoms with E-state index in [1.54, 1.807) is 6.20 Å². The van der Waals surface area contributed by atoms with Crippen LogP contribution in [0.2, 0.25) is 0 Å². The molecule has 1 amide bonds. The number of piperidine rings is 1. The minimum atomic E-state index is -0.479. The number of hydrogen-bond donors (Lipinski definition) is 1. The Kier molecular flexibility index (Phi) is 8.49. The van der Waals surface area contributed by atoms with Crippen molar-refractivity contribution in [2.45, 2.75) is 57.6 Å². The molecule has 2 heterocycles. The zero-order valence-corrected chi connectivity index (χ0v) is 19.2. The van der Waals surface area contributed by atoms with Gasteiger partial charge in [-0.2, -0.15) is 0 Å². The van der Waals surface area contributed by atoms with E-state index in [1.807, 2.05) is 24.2 Å². The highest BCUT2D eigenvalue weighted by atomic mass is 127. The first kappa shape index (κ1) is 22.6. The number of aromatic nitrogens is 1. The van der Waals surface area contributed by atoms with Gasteiger partial charge in [-0.15, -0.1) is 0 Å². The maximum atomic E-state index is 11.6. The van der Waals surface area contributed by atoms with Crippen LogP contribution in [0.5, 0.6) is 0 Å². The Balaban J connectivity index is 0.00000126. The van der Waals surface area contributed by atoms with Crippen molar-refractivity contribution in [2.24, 2.45) is 17.6 Å². The van der Waals surface area contributed by atoms with Gasteiger partial charge in [0, 0.05) is 44.3 Å². The van der Waals surface area contributed by atoms with Crippen molar-refractivity contribution < 1.29 is 9.53 Å². The van der Waals surface area contributed by atoms with Gasteiger partial charge in [-0.3, -0.25) is 14.7 Å². The highest BCUT2D eigenvalue weighted by Gasteiger charge is 2.53. The number of fused-ring (bicyclic) bond motifs is 2. The number of halogens is 1. The summed E-state index contributed by atoms with van der Waals surface area (Å²) in [6, 6.07) is 4.47. The molecule has 1 saturated heterocycles. The van der Waals surface area contributed by atoms with Gasteiger partial charge in [0.1, 0.15) is 11.3 Å². The average Bonchev–Trinajstić information content (AvgIpc) is 2.68. The standard InChI is InChI=1S/C20H31N3O2.CH3I/c1-4-6-14(2)23-12-16-7-5-8-17(13-23)20(16,25-3)15-9-10-22-18(11-15)19(21)24;1-2/h9-11,14,16-17H,4-8,12-13H2,1-3H3,(H2,21,24);1H3. The van der Waals surface area contributed by atoms with E-state index in [-0.39, 0.29) is 5.60 Å². The number of likely N-dealkylation sites (tertiary alicyclic amines) is 1. The van der Waals surface area contributed by atoms with Crippen LogP contribution in [0.15, 0.2) is 18.3 Å². The van der Waals surface area contributed by atoms with Gasteiger partial charge in [-0.1, -0.05) is 42.4 Å². The number of alkyl halides is 1. The molecule has 1 aromatic heterocycles. The number of ether oxygens (including phenoxy) is 1. The van der Waals surface area contributed by atoms with Gasteiger partial charge in [0.05, 0.1) is 0 Å². The lowest BCUT2D eigenvalue weighted by Crippen LogP contribution is -2.60. The molecular weight excluding hydrogens is 453 g/mol. The molecule has 3 rings (SSSR count). The molecule has 1 aliphatic carbocycles. The molecule has 152 valence electrons. The molecule has 1 aliphatic heterocycles. The molecule has 5 nitrogen and oxygen atoms in total. The van der Waals surface area contributed by atoms with Crippen LogP contribution in [0, 0.1) is 11.8 Å². The number of pyridine rings is 1. The van der Waals surface area contributed by atoms with Gasteiger partial charge in [-0.05, 0) is 48.8 Å². The smallest absolute Gasteiger partial charge is 0.267 e. The fourth-order valence-electron chi connectivity index (χ4n) is 5.16. The van der Waals surface area contributed by atoms with Crippen LogP contribution in [-0.4, -0.2) is 47.0 Å². The molecule has 3 unspecified atom stereocenters.